The molecular formula is C23H27ClN4O5. The SMILES string of the molecule is O=C(On1c(O)ccc1O)N1CC2CN(Cc3ccc(C(=O)N4CCCC4)cc3Cl)CC2C1. The summed E-state index contributed by atoms with van der Waals surface area (Å²) >= 11 is 6.53. The van der Waals surface area contributed by atoms with Gasteiger partial charge in [-0.3, -0.25) is 9.69 Å². The molecule has 3 aliphatic heterocycles. The van der Waals surface area contributed by atoms with E-state index in [1.165, 1.54) is 12.1 Å². The predicted octanol–water partition coefficient (Wildman–Crippen LogP) is 2.40. The lowest BCUT2D eigenvalue weighted by Crippen LogP contribution is -2.37. The van der Waals surface area contributed by atoms with Gasteiger partial charge in [0.1, 0.15) is 0 Å². The lowest BCUT2D eigenvalue weighted by molar-refractivity contribution is 0.0773. The van der Waals surface area contributed by atoms with Crippen molar-refractivity contribution in [2.75, 3.05) is 39.3 Å². The molecule has 4 heterocycles. The average molecular weight is 475 g/mol. The van der Waals surface area contributed by atoms with Crippen molar-refractivity contribution in [3.63, 3.8) is 0 Å². The molecule has 5 rings (SSSR count). The Kier molecular flexibility index (Phi) is 5.84. The second-order valence-electron chi connectivity index (χ2n) is 9.13. The Bertz CT molecular complexity index is 1030. The van der Waals surface area contributed by atoms with Gasteiger partial charge in [0, 0.05) is 68.5 Å². The molecule has 0 spiro atoms. The summed E-state index contributed by atoms with van der Waals surface area (Å²) in [5.41, 5.74) is 1.63. The summed E-state index contributed by atoms with van der Waals surface area (Å²) in [4.78, 5) is 36.0. The number of likely N-dealkylation sites (tertiary alicyclic amines) is 3. The maximum atomic E-state index is 12.6. The number of benzene rings is 1. The van der Waals surface area contributed by atoms with Crippen molar-refractivity contribution >= 4 is 23.6 Å². The van der Waals surface area contributed by atoms with Gasteiger partial charge in [0.2, 0.25) is 11.8 Å². The van der Waals surface area contributed by atoms with Crippen LogP contribution in [-0.4, -0.2) is 80.9 Å². The van der Waals surface area contributed by atoms with Crippen LogP contribution in [0.4, 0.5) is 4.79 Å². The van der Waals surface area contributed by atoms with E-state index in [-0.39, 0.29) is 17.7 Å². The van der Waals surface area contributed by atoms with Crippen LogP contribution in [0.15, 0.2) is 30.3 Å². The molecule has 176 valence electrons. The zero-order valence-electron chi connectivity index (χ0n) is 18.2. The van der Waals surface area contributed by atoms with Gasteiger partial charge in [-0.25, -0.2) is 4.79 Å². The van der Waals surface area contributed by atoms with Gasteiger partial charge >= 0.3 is 6.09 Å². The van der Waals surface area contributed by atoms with E-state index in [0.717, 1.165) is 44.6 Å². The van der Waals surface area contributed by atoms with Gasteiger partial charge in [0.05, 0.1) is 0 Å². The molecule has 10 heteroatoms. The van der Waals surface area contributed by atoms with Crippen molar-refractivity contribution in [1.82, 2.24) is 19.4 Å². The van der Waals surface area contributed by atoms with E-state index in [9.17, 15) is 19.8 Å². The van der Waals surface area contributed by atoms with Crippen molar-refractivity contribution in [2.24, 2.45) is 11.8 Å². The zero-order valence-corrected chi connectivity index (χ0v) is 18.9. The number of fused-ring (bicyclic) bond motifs is 1. The first-order chi connectivity index (χ1) is 15.9. The molecule has 2 amide bonds. The molecule has 1 aromatic carbocycles. The van der Waals surface area contributed by atoms with Gasteiger partial charge < -0.3 is 24.9 Å². The van der Waals surface area contributed by atoms with Crippen molar-refractivity contribution in [3.05, 3.63) is 46.5 Å². The zero-order chi connectivity index (χ0) is 23.1. The lowest BCUT2D eigenvalue weighted by atomic mass is 10.0. The Morgan fingerprint density at radius 1 is 0.939 bits per heavy atom. The molecule has 3 fully saturated rings. The van der Waals surface area contributed by atoms with Crippen molar-refractivity contribution in [2.45, 2.75) is 19.4 Å². The minimum atomic E-state index is -0.598. The second kappa shape index (κ2) is 8.79. The summed E-state index contributed by atoms with van der Waals surface area (Å²) < 4.78 is 0.711. The fraction of sp³-hybridized carbons (Fsp3) is 0.478. The van der Waals surface area contributed by atoms with Crippen LogP contribution in [0.1, 0.15) is 28.8 Å². The molecule has 0 aliphatic carbocycles. The van der Waals surface area contributed by atoms with E-state index in [1.807, 2.05) is 17.0 Å². The van der Waals surface area contributed by atoms with Crippen LogP contribution in [0.3, 0.4) is 0 Å². The molecule has 3 saturated heterocycles. The summed E-state index contributed by atoms with van der Waals surface area (Å²) in [6, 6.07) is 8.08. The Hall–Kier alpha value is -2.91. The number of aromatic hydroxyl groups is 2. The number of carbonyl (C=O) groups excluding carboxylic acids is 2. The molecule has 0 saturated carbocycles. The number of amides is 2. The summed E-state index contributed by atoms with van der Waals surface area (Å²) in [5.74, 6) is 0.0106. The predicted molar refractivity (Wildman–Crippen MR) is 120 cm³/mol. The molecule has 0 radical (unpaired) electrons. The molecule has 2 unspecified atom stereocenters. The first kappa shape index (κ1) is 21.9. The van der Waals surface area contributed by atoms with Gasteiger partial charge in [0.15, 0.2) is 0 Å². The molecule has 2 aromatic rings. The van der Waals surface area contributed by atoms with Crippen LogP contribution in [0, 0.1) is 11.8 Å². The van der Waals surface area contributed by atoms with E-state index in [0.29, 0.717) is 46.8 Å². The monoisotopic (exact) mass is 474 g/mol. The third-order valence-corrected chi connectivity index (χ3v) is 7.23. The Labute approximate surface area is 196 Å². The fourth-order valence-corrected chi connectivity index (χ4v) is 5.39. The van der Waals surface area contributed by atoms with Crippen LogP contribution in [-0.2, 0) is 6.54 Å². The molecule has 2 N–H and O–H groups in total. The highest BCUT2D eigenvalue weighted by Crippen LogP contribution is 2.33. The number of hydrogen-bond acceptors (Lipinski definition) is 6. The minimum absolute atomic E-state index is 0.0465. The molecular weight excluding hydrogens is 448 g/mol. The van der Waals surface area contributed by atoms with Crippen LogP contribution < -0.4 is 4.84 Å². The topological polar surface area (TPSA) is 98.5 Å². The number of carbonyl (C=O) groups is 2. The Morgan fingerprint density at radius 2 is 1.58 bits per heavy atom. The van der Waals surface area contributed by atoms with Crippen LogP contribution in [0.2, 0.25) is 5.02 Å². The number of nitrogens with zero attached hydrogens (tertiary/aromatic N) is 4. The van der Waals surface area contributed by atoms with Crippen molar-refractivity contribution in [3.8, 4) is 11.8 Å². The van der Waals surface area contributed by atoms with E-state index in [4.69, 9.17) is 16.4 Å². The van der Waals surface area contributed by atoms with Gasteiger partial charge in [-0.05, 0) is 42.4 Å². The molecule has 3 aliphatic rings. The standard InChI is InChI=1S/C23H27ClN4O5/c24-19-9-15(22(31)26-7-1-2-8-26)3-4-16(19)10-25-11-17-13-27(14-18(17)12-25)23(32)33-28-20(29)5-6-21(28)30/h3-6,9,17-18,29-30H,1-2,7-8,10-14H2. The average Bonchev–Trinajstić information content (AvgIpc) is 3.56. The van der Waals surface area contributed by atoms with E-state index in [1.54, 1.807) is 11.0 Å². The highest BCUT2D eigenvalue weighted by atomic mass is 35.5. The number of aromatic nitrogens is 1. The maximum absolute atomic E-state index is 12.6. The third kappa shape index (κ3) is 4.35. The molecule has 2 atom stereocenters. The first-order valence-corrected chi connectivity index (χ1v) is 11.6. The van der Waals surface area contributed by atoms with Crippen LogP contribution >= 0.6 is 11.6 Å². The van der Waals surface area contributed by atoms with Crippen molar-refractivity contribution in [1.29, 1.82) is 0 Å². The highest BCUT2D eigenvalue weighted by Gasteiger charge is 2.42. The normalized spacial score (nSPS) is 22.7. The number of hydrogen-bond donors (Lipinski definition) is 2. The molecule has 9 nitrogen and oxygen atoms in total. The minimum Gasteiger partial charge on any atom is -0.492 e. The maximum Gasteiger partial charge on any atom is 0.434 e. The lowest BCUT2D eigenvalue weighted by Gasteiger charge is -2.22. The van der Waals surface area contributed by atoms with Crippen molar-refractivity contribution < 1.29 is 24.6 Å². The second-order valence-corrected chi connectivity index (χ2v) is 9.53. The largest absolute Gasteiger partial charge is 0.492 e. The summed E-state index contributed by atoms with van der Waals surface area (Å²) in [6.45, 7) is 5.10. The third-order valence-electron chi connectivity index (χ3n) is 6.87. The highest BCUT2D eigenvalue weighted by molar-refractivity contribution is 6.31. The number of rotatable bonds is 4. The molecule has 33 heavy (non-hydrogen) atoms. The van der Waals surface area contributed by atoms with Crippen LogP contribution in [0.25, 0.3) is 0 Å². The molecule has 1 aromatic heterocycles. The van der Waals surface area contributed by atoms with E-state index >= 15 is 0 Å². The van der Waals surface area contributed by atoms with E-state index < -0.39 is 6.09 Å². The van der Waals surface area contributed by atoms with Gasteiger partial charge in [-0.1, -0.05) is 17.7 Å². The molecule has 0 bridgehead atoms. The quantitative estimate of drug-likeness (QED) is 0.706. The first-order valence-electron chi connectivity index (χ1n) is 11.3. The number of halogens is 1. The Morgan fingerprint density at radius 3 is 2.18 bits per heavy atom. The smallest absolute Gasteiger partial charge is 0.434 e. The van der Waals surface area contributed by atoms with E-state index in [2.05, 4.69) is 4.90 Å². The van der Waals surface area contributed by atoms with Gasteiger partial charge in [-0.15, -0.1) is 4.73 Å². The van der Waals surface area contributed by atoms with Gasteiger partial charge in [-0.2, -0.15) is 0 Å². The Balaban J connectivity index is 1.15. The fourth-order valence-electron chi connectivity index (χ4n) is 5.15. The van der Waals surface area contributed by atoms with Gasteiger partial charge in [0.25, 0.3) is 5.91 Å². The summed E-state index contributed by atoms with van der Waals surface area (Å²) in [5, 5.41) is 19.9. The van der Waals surface area contributed by atoms with Crippen LogP contribution in [0.5, 0.6) is 11.8 Å². The summed E-state index contributed by atoms with van der Waals surface area (Å²) in [6.07, 6.45) is 1.52. The summed E-state index contributed by atoms with van der Waals surface area (Å²) in [7, 11) is 0.